The van der Waals surface area contributed by atoms with E-state index in [4.69, 9.17) is 0 Å². The summed E-state index contributed by atoms with van der Waals surface area (Å²) in [7, 11) is 0. The first-order valence-corrected chi connectivity index (χ1v) is 7.86. The van der Waals surface area contributed by atoms with Gasteiger partial charge in [0.1, 0.15) is 11.5 Å². The van der Waals surface area contributed by atoms with Crippen molar-refractivity contribution in [2.24, 2.45) is 0 Å². The highest BCUT2D eigenvalue weighted by Gasteiger charge is 2.20. The molecule has 0 spiro atoms. The molecule has 1 aromatic heterocycles. The van der Waals surface area contributed by atoms with Crippen molar-refractivity contribution in [3.8, 4) is 0 Å². The van der Waals surface area contributed by atoms with Crippen LogP contribution >= 0.6 is 0 Å². The number of hydrogen-bond donors (Lipinski definition) is 0. The Balaban J connectivity index is 1.74. The number of anilines is 1. The normalized spacial score (nSPS) is 20.0. The van der Waals surface area contributed by atoms with E-state index in [-0.39, 0.29) is 5.91 Å². The first-order valence-electron chi connectivity index (χ1n) is 7.86. The van der Waals surface area contributed by atoms with Crippen molar-refractivity contribution in [3.63, 3.8) is 0 Å². The Morgan fingerprint density at radius 1 is 0.900 bits per heavy atom. The van der Waals surface area contributed by atoms with Crippen LogP contribution in [0.4, 0.5) is 5.82 Å². The molecule has 4 heteroatoms. The fraction of sp³-hybridized carbons (Fsp3) is 0.625. The van der Waals surface area contributed by atoms with Crippen LogP contribution in [-0.2, 0) is 0 Å². The molecule has 0 saturated carbocycles. The molecule has 2 saturated heterocycles. The number of pyridine rings is 1. The van der Waals surface area contributed by atoms with Crippen molar-refractivity contribution in [3.05, 3.63) is 23.9 Å². The second kappa shape index (κ2) is 6.25. The summed E-state index contributed by atoms with van der Waals surface area (Å²) in [5.74, 6) is 1.07. The average Bonchev–Trinajstić information content (AvgIpc) is 2.56. The van der Waals surface area contributed by atoms with E-state index in [1.165, 1.54) is 25.7 Å². The van der Waals surface area contributed by atoms with Crippen LogP contribution < -0.4 is 4.90 Å². The Labute approximate surface area is 120 Å². The van der Waals surface area contributed by atoms with Crippen molar-refractivity contribution in [2.45, 2.75) is 38.5 Å². The van der Waals surface area contributed by atoms with Gasteiger partial charge in [0.25, 0.3) is 5.91 Å². The molecular weight excluding hydrogens is 250 g/mol. The highest BCUT2D eigenvalue weighted by atomic mass is 16.2. The highest BCUT2D eigenvalue weighted by molar-refractivity contribution is 5.92. The van der Waals surface area contributed by atoms with Crippen LogP contribution in [-0.4, -0.2) is 42.0 Å². The molecule has 2 aliphatic rings. The second-order valence-electron chi connectivity index (χ2n) is 5.78. The number of piperidine rings is 2. The van der Waals surface area contributed by atoms with E-state index in [9.17, 15) is 4.79 Å². The van der Waals surface area contributed by atoms with E-state index in [1.54, 1.807) is 0 Å². The zero-order valence-corrected chi connectivity index (χ0v) is 12.1. The minimum atomic E-state index is 0.101. The summed E-state index contributed by atoms with van der Waals surface area (Å²) in [6, 6.07) is 5.84. The Hall–Kier alpha value is -1.58. The molecule has 0 radical (unpaired) electrons. The zero-order valence-electron chi connectivity index (χ0n) is 12.1. The smallest absolute Gasteiger partial charge is 0.272 e. The molecule has 3 rings (SSSR count). The monoisotopic (exact) mass is 273 g/mol. The van der Waals surface area contributed by atoms with Gasteiger partial charge in [0, 0.05) is 26.2 Å². The first-order chi connectivity index (χ1) is 9.84. The molecule has 108 valence electrons. The van der Waals surface area contributed by atoms with Gasteiger partial charge in [0.15, 0.2) is 0 Å². The van der Waals surface area contributed by atoms with Gasteiger partial charge in [-0.05, 0) is 50.7 Å². The van der Waals surface area contributed by atoms with Gasteiger partial charge in [-0.1, -0.05) is 6.07 Å². The first kappa shape index (κ1) is 13.4. The summed E-state index contributed by atoms with van der Waals surface area (Å²) in [5.41, 5.74) is 0.606. The lowest BCUT2D eigenvalue weighted by Crippen LogP contribution is -2.36. The summed E-state index contributed by atoms with van der Waals surface area (Å²) in [5, 5.41) is 0. The van der Waals surface area contributed by atoms with Crippen LogP contribution in [0.3, 0.4) is 0 Å². The van der Waals surface area contributed by atoms with Crippen molar-refractivity contribution in [2.75, 3.05) is 31.1 Å². The maximum Gasteiger partial charge on any atom is 0.272 e. The number of amides is 1. The quantitative estimate of drug-likeness (QED) is 0.831. The van der Waals surface area contributed by atoms with Gasteiger partial charge >= 0.3 is 0 Å². The zero-order chi connectivity index (χ0) is 13.8. The molecule has 1 aromatic rings. The fourth-order valence-corrected chi connectivity index (χ4v) is 3.10. The van der Waals surface area contributed by atoms with Gasteiger partial charge in [-0.2, -0.15) is 0 Å². The maximum absolute atomic E-state index is 12.5. The third kappa shape index (κ3) is 2.94. The van der Waals surface area contributed by atoms with Gasteiger partial charge in [-0.3, -0.25) is 4.79 Å². The van der Waals surface area contributed by atoms with Gasteiger partial charge < -0.3 is 9.80 Å². The topological polar surface area (TPSA) is 36.4 Å². The minimum absolute atomic E-state index is 0.101. The molecule has 2 aliphatic heterocycles. The summed E-state index contributed by atoms with van der Waals surface area (Å²) in [6.07, 6.45) is 7.25. The predicted molar refractivity (Wildman–Crippen MR) is 80.1 cm³/mol. The van der Waals surface area contributed by atoms with E-state index in [2.05, 4.69) is 9.88 Å². The molecule has 0 aliphatic carbocycles. The third-order valence-electron chi connectivity index (χ3n) is 4.28. The second-order valence-corrected chi connectivity index (χ2v) is 5.78. The number of hydrogen-bond acceptors (Lipinski definition) is 3. The number of carbonyl (C=O) groups is 1. The summed E-state index contributed by atoms with van der Waals surface area (Å²) in [6.45, 7) is 3.89. The number of nitrogens with zero attached hydrogens (tertiary/aromatic N) is 3. The van der Waals surface area contributed by atoms with Crippen LogP contribution in [0.25, 0.3) is 0 Å². The van der Waals surface area contributed by atoms with Crippen molar-refractivity contribution < 1.29 is 4.79 Å². The van der Waals surface area contributed by atoms with Crippen LogP contribution in [0.5, 0.6) is 0 Å². The molecule has 0 atom stereocenters. The molecule has 0 N–H and O–H groups in total. The van der Waals surface area contributed by atoms with Gasteiger partial charge in [0.2, 0.25) is 0 Å². The predicted octanol–water partition coefficient (Wildman–Crippen LogP) is 2.70. The Bertz CT molecular complexity index is 463. The van der Waals surface area contributed by atoms with E-state index in [0.717, 1.165) is 44.8 Å². The largest absolute Gasteiger partial charge is 0.357 e. The van der Waals surface area contributed by atoms with Crippen molar-refractivity contribution >= 4 is 11.7 Å². The van der Waals surface area contributed by atoms with Crippen LogP contribution in [0.2, 0.25) is 0 Å². The Kier molecular flexibility index (Phi) is 4.19. The van der Waals surface area contributed by atoms with Crippen molar-refractivity contribution in [1.29, 1.82) is 0 Å². The molecule has 2 fully saturated rings. The van der Waals surface area contributed by atoms with E-state index in [0.29, 0.717) is 5.69 Å². The molecule has 1 amide bonds. The lowest BCUT2D eigenvalue weighted by atomic mass is 10.1. The standard InChI is InChI=1S/C16H23N3O/c20-16(19-12-5-2-6-13-19)14-8-7-9-15(17-14)18-10-3-1-4-11-18/h7-9H,1-6,10-13H2. The molecule has 3 heterocycles. The molecule has 0 bridgehead atoms. The highest BCUT2D eigenvalue weighted by Crippen LogP contribution is 2.19. The SMILES string of the molecule is O=C(c1cccc(N2CCCCC2)n1)N1CCCCC1. The van der Waals surface area contributed by atoms with E-state index in [1.807, 2.05) is 23.1 Å². The van der Waals surface area contributed by atoms with Crippen molar-refractivity contribution in [1.82, 2.24) is 9.88 Å². The summed E-state index contributed by atoms with van der Waals surface area (Å²) < 4.78 is 0. The number of likely N-dealkylation sites (tertiary alicyclic amines) is 1. The average molecular weight is 273 g/mol. The van der Waals surface area contributed by atoms with E-state index < -0.39 is 0 Å². The van der Waals surface area contributed by atoms with Gasteiger partial charge in [-0.25, -0.2) is 4.98 Å². The van der Waals surface area contributed by atoms with Gasteiger partial charge in [0.05, 0.1) is 0 Å². The molecular formula is C16H23N3O. The maximum atomic E-state index is 12.5. The van der Waals surface area contributed by atoms with E-state index >= 15 is 0 Å². The lowest BCUT2D eigenvalue weighted by molar-refractivity contribution is 0.0718. The van der Waals surface area contributed by atoms with Crippen LogP contribution in [0.1, 0.15) is 49.0 Å². The minimum Gasteiger partial charge on any atom is -0.357 e. The molecule has 0 unspecified atom stereocenters. The Morgan fingerprint density at radius 2 is 1.55 bits per heavy atom. The number of carbonyl (C=O) groups excluding carboxylic acids is 1. The fourth-order valence-electron chi connectivity index (χ4n) is 3.10. The lowest BCUT2D eigenvalue weighted by Gasteiger charge is -2.29. The van der Waals surface area contributed by atoms with Gasteiger partial charge in [-0.15, -0.1) is 0 Å². The molecule has 4 nitrogen and oxygen atoms in total. The third-order valence-corrected chi connectivity index (χ3v) is 4.28. The number of rotatable bonds is 2. The number of aromatic nitrogens is 1. The van der Waals surface area contributed by atoms with Crippen LogP contribution in [0.15, 0.2) is 18.2 Å². The summed E-state index contributed by atoms with van der Waals surface area (Å²) in [4.78, 5) is 21.3. The Morgan fingerprint density at radius 3 is 2.25 bits per heavy atom. The summed E-state index contributed by atoms with van der Waals surface area (Å²) >= 11 is 0. The molecule has 0 aromatic carbocycles. The molecule has 20 heavy (non-hydrogen) atoms. The van der Waals surface area contributed by atoms with Crippen LogP contribution in [0, 0.1) is 0 Å².